The molecule has 0 unspecified atom stereocenters. The largest absolute Gasteiger partial charge is 0.342 e. The molecule has 1 atom stereocenters. The first-order valence-electron chi connectivity index (χ1n) is 9.80. The number of piperidine rings is 2. The molecule has 1 spiro atoms. The number of aromatic nitrogens is 1. The van der Waals surface area contributed by atoms with Gasteiger partial charge in [0.15, 0.2) is 0 Å². The fourth-order valence-corrected chi connectivity index (χ4v) is 4.68. The highest BCUT2D eigenvalue weighted by molar-refractivity contribution is 6.06. The molecule has 6 nitrogen and oxygen atoms in total. The molecule has 2 aromatic rings. The SMILES string of the molecule is CCN1C[C@@]2(CCCN(C(=O)c3cc(=O)[nH]c4cc(F)ccc34)C2)CCC1=O. The van der Waals surface area contributed by atoms with Crippen LogP contribution in [0.1, 0.15) is 43.0 Å². The molecule has 0 radical (unpaired) electrons. The zero-order valence-corrected chi connectivity index (χ0v) is 16.0. The maximum absolute atomic E-state index is 13.5. The van der Waals surface area contributed by atoms with Crippen molar-refractivity contribution in [2.45, 2.75) is 32.6 Å². The van der Waals surface area contributed by atoms with E-state index in [2.05, 4.69) is 4.98 Å². The number of carbonyl (C=O) groups excluding carboxylic acids is 2. The number of aromatic amines is 1. The Morgan fingerprint density at radius 2 is 2.04 bits per heavy atom. The molecule has 0 aliphatic carbocycles. The minimum absolute atomic E-state index is 0.0824. The lowest BCUT2D eigenvalue weighted by Crippen LogP contribution is -2.55. The number of fused-ring (bicyclic) bond motifs is 1. The van der Waals surface area contributed by atoms with E-state index in [1.165, 1.54) is 24.3 Å². The Bertz CT molecular complexity index is 1000. The highest BCUT2D eigenvalue weighted by Crippen LogP contribution is 2.39. The summed E-state index contributed by atoms with van der Waals surface area (Å²) in [4.78, 5) is 43.7. The van der Waals surface area contributed by atoms with E-state index < -0.39 is 11.4 Å². The van der Waals surface area contributed by atoms with Crippen LogP contribution >= 0.6 is 0 Å². The lowest BCUT2D eigenvalue weighted by Gasteiger charge is -2.48. The molecule has 2 saturated heterocycles. The van der Waals surface area contributed by atoms with Crippen molar-refractivity contribution in [2.24, 2.45) is 5.41 Å². The summed E-state index contributed by atoms with van der Waals surface area (Å²) in [6.45, 7) is 4.53. The van der Waals surface area contributed by atoms with Crippen LogP contribution in [0.25, 0.3) is 10.9 Å². The molecule has 28 heavy (non-hydrogen) atoms. The number of likely N-dealkylation sites (tertiary alicyclic amines) is 2. The number of carbonyl (C=O) groups is 2. The Hall–Kier alpha value is -2.70. The average molecular weight is 385 g/mol. The molecule has 4 rings (SSSR count). The van der Waals surface area contributed by atoms with Gasteiger partial charge in [-0.15, -0.1) is 0 Å². The molecule has 1 N–H and O–H groups in total. The van der Waals surface area contributed by atoms with Crippen LogP contribution in [0.3, 0.4) is 0 Å². The van der Waals surface area contributed by atoms with Crippen LogP contribution in [0, 0.1) is 11.2 Å². The lowest BCUT2D eigenvalue weighted by molar-refractivity contribution is -0.138. The third-order valence-electron chi connectivity index (χ3n) is 6.11. The molecule has 0 bridgehead atoms. The van der Waals surface area contributed by atoms with Gasteiger partial charge in [-0.1, -0.05) is 0 Å². The van der Waals surface area contributed by atoms with Crippen LogP contribution in [0.5, 0.6) is 0 Å². The van der Waals surface area contributed by atoms with Crippen LogP contribution in [-0.2, 0) is 4.79 Å². The number of benzene rings is 1. The molecule has 1 aromatic heterocycles. The molecular weight excluding hydrogens is 361 g/mol. The fraction of sp³-hybridized carbons (Fsp3) is 0.476. The fourth-order valence-electron chi connectivity index (χ4n) is 4.68. The molecule has 3 heterocycles. The van der Waals surface area contributed by atoms with Gasteiger partial charge in [-0.05, 0) is 44.4 Å². The molecule has 2 aliphatic rings. The van der Waals surface area contributed by atoms with Gasteiger partial charge in [0.2, 0.25) is 11.5 Å². The summed E-state index contributed by atoms with van der Waals surface area (Å²) >= 11 is 0. The van der Waals surface area contributed by atoms with Crippen LogP contribution in [-0.4, -0.2) is 52.8 Å². The molecule has 148 valence electrons. The van der Waals surface area contributed by atoms with Crippen LogP contribution < -0.4 is 5.56 Å². The first-order valence-corrected chi connectivity index (χ1v) is 9.80. The minimum atomic E-state index is -0.462. The Morgan fingerprint density at radius 3 is 2.82 bits per heavy atom. The molecule has 2 fully saturated rings. The van der Waals surface area contributed by atoms with Gasteiger partial charge in [0.1, 0.15) is 5.82 Å². The van der Waals surface area contributed by atoms with Gasteiger partial charge >= 0.3 is 0 Å². The van der Waals surface area contributed by atoms with E-state index in [4.69, 9.17) is 0 Å². The summed E-state index contributed by atoms with van der Waals surface area (Å²) in [7, 11) is 0. The van der Waals surface area contributed by atoms with Crippen molar-refractivity contribution >= 4 is 22.7 Å². The number of nitrogens with one attached hydrogen (secondary N) is 1. The summed E-state index contributed by atoms with van der Waals surface area (Å²) < 4.78 is 13.5. The van der Waals surface area contributed by atoms with E-state index in [9.17, 15) is 18.8 Å². The molecule has 2 aliphatic heterocycles. The van der Waals surface area contributed by atoms with Gasteiger partial charge < -0.3 is 14.8 Å². The van der Waals surface area contributed by atoms with Gasteiger partial charge in [0.25, 0.3) is 5.91 Å². The number of H-pyrrole nitrogens is 1. The van der Waals surface area contributed by atoms with Gasteiger partial charge in [-0.2, -0.15) is 0 Å². The van der Waals surface area contributed by atoms with Crippen molar-refractivity contribution in [1.29, 1.82) is 0 Å². The molecule has 2 amide bonds. The monoisotopic (exact) mass is 385 g/mol. The summed E-state index contributed by atoms with van der Waals surface area (Å²) in [5.74, 6) is -0.489. The second-order valence-corrected chi connectivity index (χ2v) is 7.98. The Kier molecular flexibility index (Phi) is 4.69. The first kappa shape index (κ1) is 18.7. The van der Waals surface area contributed by atoms with Crippen molar-refractivity contribution in [3.63, 3.8) is 0 Å². The maximum atomic E-state index is 13.5. The van der Waals surface area contributed by atoms with Gasteiger partial charge in [0, 0.05) is 49.5 Å². The van der Waals surface area contributed by atoms with Crippen molar-refractivity contribution < 1.29 is 14.0 Å². The predicted molar refractivity (Wildman–Crippen MR) is 104 cm³/mol. The Morgan fingerprint density at radius 1 is 1.21 bits per heavy atom. The number of rotatable bonds is 2. The quantitative estimate of drug-likeness (QED) is 0.863. The Balaban J connectivity index is 1.65. The number of pyridine rings is 1. The van der Waals surface area contributed by atoms with E-state index in [0.29, 0.717) is 49.1 Å². The van der Waals surface area contributed by atoms with Crippen LogP contribution in [0.2, 0.25) is 0 Å². The van der Waals surface area contributed by atoms with Gasteiger partial charge in [-0.3, -0.25) is 14.4 Å². The van der Waals surface area contributed by atoms with E-state index in [-0.39, 0.29) is 17.2 Å². The number of nitrogens with zero attached hydrogens (tertiary/aromatic N) is 2. The highest BCUT2D eigenvalue weighted by atomic mass is 19.1. The number of hydrogen-bond donors (Lipinski definition) is 1. The zero-order valence-electron chi connectivity index (χ0n) is 16.0. The molecule has 7 heteroatoms. The van der Waals surface area contributed by atoms with Crippen molar-refractivity contribution in [1.82, 2.24) is 14.8 Å². The van der Waals surface area contributed by atoms with Crippen molar-refractivity contribution in [2.75, 3.05) is 26.2 Å². The highest BCUT2D eigenvalue weighted by Gasteiger charge is 2.42. The summed E-state index contributed by atoms with van der Waals surface area (Å²) in [6.07, 6.45) is 3.16. The van der Waals surface area contributed by atoms with Crippen LogP contribution in [0.15, 0.2) is 29.1 Å². The third kappa shape index (κ3) is 3.30. The van der Waals surface area contributed by atoms with Crippen molar-refractivity contribution in [3.8, 4) is 0 Å². The van der Waals surface area contributed by atoms with Gasteiger partial charge in [0.05, 0.1) is 11.1 Å². The minimum Gasteiger partial charge on any atom is -0.342 e. The molecule has 1 aromatic carbocycles. The molecular formula is C21H24FN3O3. The van der Waals surface area contributed by atoms with Gasteiger partial charge in [-0.25, -0.2) is 4.39 Å². The summed E-state index contributed by atoms with van der Waals surface area (Å²) in [5.41, 5.74) is 0.118. The summed E-state index contributed by atoms with van der Waals surface area (Å²) in [6, 6.07) is 5.36. The Labute approximate surface area is 162 Å². The van der Waals surface area contributed by atoms with E-state index >= 15 is 0 Å². The number of hydrogen-bond acceptors (Lipinski definition) is 3. The maximum Gasteiger partial charge on any atom is 0.254 e. The molecule has 0 saturated carbocycles. The number of amides is 2. The second kappa shape index (κ2) is 7.04. The standard InChI is InChI=1S/C21H24FN3O3/c1-2-24-12-21(8-6-19(24)27)7-3-9-25(13-21)20(28)16-11-18(26)23-17-10-14(22)4-5-15(16)17/h4-5,10-11H,2-3,6-9,12-13H2,1H3,(H,23,26)/t21-/m1/s1. The van der Waals surface area contributed by atoms with E-state index in [1.54, 1.807) is 4.90 Å². The topological polar surface area (TPSA) is 73.5 Å². The van der Waals surface area contributed by atoms with Crippen molar-refractivity contribution in [3.05, 3.63) is 46.0 Å². The van der Waals surface area contributed by atoms with E-state index in [0.717, 1.165) is 19.3 Å². The predicted octanol–water partition coefficient (Wildman–Crippen LogP) is 2.53. The lowest BCUT2D eigenvalue weighted by atomic mass is 9.73. The first-order chi connectivity index (χ1) is 13.4. The average Bonchev–Trinajstić information content (AvgIpc) is 2.68. The zero-order chi connectivity index (χ0) is 19.9. The third-order valence-corrected chi connectivity index (χ3v) is 6.11. The second-order valence-electron chi connectivity index (χ2n) is 7.98. The van der Waals surface area contributed by atoms with E-state index in [1.807, 2.05) is 11.8 Å². The number of halogens is 1. The summed E-state index contributed by atoms with van der Waals surface area (Å²) in [5, 5.41) is 0.541. The smallest absolute Gasteiger partial charge is 0.254 e. The van der Waals surface area contributed by atoms with Crippen LogP contribution in [0.4, 0.5) is 4.39 Å². The normalized spacial score (nSPS) is 22.9.